The molecule has 0 fully saturated rings. The summed E-state index contributed by atoms with van der Waals surface area (Å²) in [4.78, 5) is 9.98. The summed E-state index contributed by atoms with van der Waals surface area (Å²) in [7, 11) is 0. The molecule has 0 aliphatic heterocycles. The third-order valence-corrected chi connectivity index (χ3v) is 3.37. The Hall–Kier alpha value is -2.09. The Kier molecular flexibility index (Phi) is 4.46. The van der Waals surface area contributed by atoms with Crippen LogP contribution in [-0.4, -0.2) is 4.92 Å². The minimum atomic E-state index is -1.35. The van der Waals surface area contributed by atoms with Crippen molar-refractivity contribution < 1.29 is 18.1 Å². The van der Waals surface area contributed by atoms with Crippen LogP contribution in [0, 0.1) is 27.6 Å². The van der Waals surface area contributed by atoms with Crippen LogP contribution >= 0.6 is 15.9 Å². The van der Waals surface area contributed by atoms with Crippen LogP contribution in [0.15, 0.2) is 34.8 Å². The molecule has 0 aliphatic rings. The molecule has 0 aromatic heterocycles. The van der Waals surface area contributed by atoms with E-state index >= 15 is 0 Å². The second kappa shape index (κ2) is 6.13. The number of anilines is 1. The summed E-state index contributed by atoms with van der Waals surface area (Å²) in [5.74, 6) is -3.07. The molecule has 0 saturated heterocycles. The zero-order chi connectivity index (χ0) is 15.6. The van der Waals surface area contributed by atoms with Crippen LogP contribution in [0.2, 0.25) is 0 Å². The van der Waals surface area contributed by atoms with E-state index < -0.39 is 33.7 Å². The molecule has 8 heteroatoms. The van der Waals surface area contributed by atoms with Gasteiger partial charge in [-0.25, -0.2) is 13.2 Å². The molecule has 2 rings (SSSR count). The lowest BCUT2D eigenvalue weighted by molar-refractivity contribution is -0.384. The Morgan fingerprint density at radius 1 is 1.14 bits per heavy atom. The Morgan fingerprint density at radius 3 is 2.48 bits per heavy atom. The molecule has 0 aliphatic carbocycles. The van der Waals surface area contributed by atoms with Gasteiger partial charge in [0, 0.05) is 12.6 Å². The number of benzene rings is 2. The van der Waals surface area contributed by atoms with Crippen molar-refractivity contribution in [3.8, 4) is 0 Å². The highest BCUT2D eigenvalue weighted by atomic mass is 79.9. The van der Waals surface area contributed by atoms with Gasteiger partial charge < -0.3 is 5.32 Å². The fraction of sp³-hybridized carbons (Fsp3) is 0.0769. The molecule has 110 valence electrons. The van der Waals surface area contributed by atoms with Crippen molar-refractivity contribution in [2.24, 2.45) is 0 Å². The van der Waals surface area contributed by atoms with E-state index in [2.05, 4.69) is 21.2 Å². The Balaban J connectivity index is 2.28. The standard InChI is InChI=1S/C13H8BrF3N2O2/c14-8-2-1-7(5-10(8)16)6-18-13-11(19(20)21)4-3-9(15)12(13)17/h1-5,18H,6H2. The van der Waals surface area contributed by atoms with Crippen molar-refractivity contribution in [2.45, 2.75) is 6.54 Å². The van der Waals surface area contributed by atoms with Crippen molar-refractivity contribution >= 4 is 27.3 Å². The second-order valence-corrected chi connectivity index (χ2v) is 4.97. The summed E-state index contributed by atoms with van der Waals surface area (Å²) < 4.78 is 40.4. The van der Waals surface area contributed by atoms with Gasteiger partial charge in [0.2, 0.25) is 0 Å². The lowest BCUT2D eigenvalue weighted by Crippen LogP contribution is -2.06. The lowest BCUT2D eigenvalue weighted by atomic mass is 10.2. The maximum absolute atomic E-state index is 13.6. The van der Waals surface area contributed by atoms with Gasteiger partial charge in [0.15, 0.2) is 17.3 Å². The van der Waals surface area contributed by atoms with E-state index in [1.54, 1.807) is 6.07 Å². The van der Waals surface area contributed by atoms with Gasteiger partial charge >= 0.3 is 0 Å². The van der Waals surface area contributed by atoms with Gasteiger partial charge in [-0.05, 0) is 39.7 Å². The summed E-state index contributed by atoms with van der Waals surface area (Å²) in [5, 5.41) is 13.2. The maximum Gasteiger partial charge on any atom is 0.295 e. The number of nitrogens with one attached hydrogen (secondary N) is 1. The topological polar surface area (TPSA) is 55.2 Å². The van der Waals surface area contributed by atoms with Gasteiger partial charge in [-0.2, -0.15) is 0 Å². The fourth-order valence-corrected chi connectivity index (χ4v) is 1.95. The number of rotatable bonds is 4. The first kappa shape index (κ1) is 15.3. The molecule has 0 radical (unpaired) electrons. The molecule has 2 aromatic carbocycles. The molecule has 0 unspecified atom stereocenters. The highest BCUT2D eigenvalue weighted by Crippen LogP contribution is 2.29. The molecular formula is C13H8BrF3N2O2. The number of hydrogen-bond donors (Lipinski definition) is 1. The summed E-state index contributed by atoms with van der Waals surface area (Å²) in [6.45, 7) is -0.0919. The molecule has 21 heavy (non-hydrogen) atoms. The molecular weight excluding hydrogens is 353 g/mol. The van der Waals surface area contributed by atoms with Gasteiger partial charge in [-0.1, -0.05) is 6.07 Å². The first-order valence-corrected chi connectivity index (χ1v) is 6.49. The zero-order valence-electron chi connectivity index (χ0n) is 10.4. The number of hydrogen-bond acceptors (Lipinski definition) is 3. The number of halogens is 4. The van der Waals surface area contributed by atoms with Gasteiger partial charge in [0.1, 0.15) is 5.82 Å². The smallest absolute Gasteiger partial charge is 0.295 e. The van der Waals surface area contributed by atoms with E-state index in [-0.39, 0.29) is 11.0 Å². The molecule has 2 aromatic rings. The van der Waals surface area contributed by atoms with Gasteiger partial charge in [-0.3, -0.25) is 10.1 Å². The van der Waals surface area contributed by atoms with Crippen molar-refractivity contribution in [1.29, 1.82) is 0 Å². The van der Waals surface area contributed by atoms with E-state index in [1.165, 1.54) is 12.1 Å². The van der Waals surface area contributed by atoms with Crippen LogP contribution in [-0.2, 0) is 6.54 Å². The summed E-state index contributed by atoms with van der Waals surface area (Å²) in [6, 6.07) is 5.72. The van der Waals surface area contributed by atoms with Crippen LogP contribution in [0.1, 0.15) is 5.56 Å². The molecule has 0 saturated carbocycles. The number of nitrogens with zero attached hydrogens (tertiary/aromatic N) is 1. The van der Waals surface area contributed by atoms with Gasteiger partial charge in [-0.15, -0.1) is 0 Å². The maximum atomic E-state index is 13.6. The second-order valence-electron chi connectivity index (χ2n) is 4.11. The third-order valence-electron chi connectivity index (χ3n) is 2.72. The summed E-state index contributed by atoms with van der Waals surface area (Å²) >= 11 is 2.98. The normalized spacial score (nSPS) is 10.5. The van der Waals surface area contributed by atoms with E-state index in [4.69, 9.17) is 0 Å². The molecule has 0 bridgehead atoms. The van der Waals surface area contributed by atoms with E-state index in [0.717, 1.165) is 6.07 Å². The molecule has 0 atom stereocenters. The quantitative estimate of drug-likeness (QED) is 0.649. The predicted octanol–water partition coefficient (Wildman–Crippen LogP) is 4.39. The minimum absolute atomic E-state index is 0.0919. The fourth-order valence-electron chi connectivity index (χ4n) is 1.70. The summed E-state index contributed by atoms with van der Waals surface area (Å²) in [5.41, 5.74) is -0.733. The Morgan fingerprint density at radius 2 is 1.86 bits per heavy atom. The minimum Gasteiger partial charge on any atom is -0.373 e. The zero-order valence-corrected chi connectivity index (χ0v) is 12.0. The van der Waals surface area contributed by atoms with Crippen molar-refractivity contribution in [3.05, 3.63) is 67.9 Å². The summed E-state index contributed by atoms with van der Waals surface area (Å²) in [6.07, 6.45) is 0. The molecule has 0 heterocycles. The molecule has 0 spiro atoms. The van der Waals surface area contributed by atoms with Crippen molar-refractivity contribution in [1.82, 2.24) is 0 Å². The van der Waals surface area contributed by atoms with Crippen LogP contribution < -0.4 is 5.32 Å². The van der Waals surface area contributed by atoms with E-state index in [0.29, 0.717) is 11.6 Å². The van der Waals surface area contributed by atoms with Crippen LogP contribution in [0.3, 0.4) is 0 Å². The number of nitro groups is 1. The van der Waals surface area contributed by atoms with Crippen molar-refractivity contribution in [2.75, 3.05) is 5.32 Å². The number of nitro benzene ring substituents is 1. The average molecular weight is 361 g/mol. The average Bonchev–Trinajstić information content (AvgIpc) is 2.43. The Labute approximate surface area is 125 Å². The largest absolute Gasteiger partial charge is 0.373 e. The third kappa shape index (κ3) is 3.33. The van der Waals surface area contributed by atoms with Gasteiger partial charge in [0.25, 0.3) is 5.69 Å². The van der Waals surface area contributed by atoms with E-state index in [1.807, 2.05) is 0 Å². The van der Waals surface area contributed by atoms with Gasteiger partial charge in [0.05, 0.1) is 9.40 Å². The molecule has 1 N–H and O–H groups in total. The van der Waals surface area contributed by atoms with Crippen molar-refractivity contribution in [3.63, 3.8) is 0 Å². The highest BCUT2D eigenvalue weighted by molar-refractivity contribution is 9.10. The predicted molar refractivity (Wildman–Crippen MR) is 74.4 cm³/mol. The SMILES string of the molecule is O=[N+]([O-])c1ccc(F)c(F)c1NCc1ccc(Br)c(F)c1. The monoisotopic (exact) mass is 360 g/mol. The first-order valence-electron chi connectivity index (χ1n) is 5.70. The van der Waals surface area contributed by atoms with Crippen LogP contribution in [0.4, 0.5) is 24.5 Å². The van der Waals surface area contributed by atoms with E-state index in [9.17, 15) is 23.3 Å². The highest BCUT2D eigenvalue weighted by Gasteiger charge is 2.21. The first-order chi connectivity index (χ1) is 9.90. The molecule has 4 nitrogen and oxygen atoms in total. The molecule has 0 amide bonds. The Bertz CT molecular complexity index is 710. The van der Waals surface area contributed by atoms with Crippen LogP contribution in [0.25, 0.3) is 0 Å². The van der Waals surface area contributed by atoms with Crippen LogP contribution in [0.5, 0.6) is 0 Å². The lowest BCUT2D eigenvalue weighted by Gasteiger charge is -2.09.